The summed E-state index contributed by atoms with van der Waals surface area (Å²) in [5, 5.41) is 9.67. The Morgan fingerprint density at radius 1 is 1.12 bits per heavy atom. The first-order valence-electron chi connectivity index (χ1n) is 10.3. The molecule has 1 aliphatic rings. The minimum atomic E-state index is -0.848. The van der Waals surface area contributed by atoms with E-state index in [-0.39, 0.29) is 17.4 Å². The molecule has 0 fully saturated rings. The van der Waals surface area contributed by atoms with Crippen LogP contribution in [0.25, 0.3) is 21.5 Å². The van der Waals surface area contributed by atoms with Crippen molar-refractivity contribution >= 4 is 57.3 Å². The molecule has 168 valence electrons. The maximum absolute atomic E-state index is 13.1. The lowest BCUT2D eigenvalue weighted by Crippen LogP contribution is -2.28. The van der Waals surface area contributed by atoms with Gasteiger partial charge in [0.25, 0.3) is 23.6 Å². The summed E-state index contributed by atoms with van der Waals surface area (Å²) in [5.74, 6) is -1.95. The van der Waals surface area contributed by atoms with Crippen molar-refractivity contribution in [3.63, 3.8) is 0 Å². The van der Waals surface area contributed by atoms with Crippen molar-refractivity contribution in [3.8, 4) is 10.6 Å². The van der Waals surface area contributed by atoms with Gasteiger partial charge < -0.3 is 10.3 Å². The number of aromatic nitrogens is 3. The number of hydrogen-bond acceptors (Lipinski definition) is 6. The summed E-state index contributed by atoms with van der Waals surface area (Å²) >= 11 is 1.46. The molecule has 0 spiro atoms. The predicted octanol–water partition coefficient (Wildman–Crippen LogP) is 3.98. The molecule has 0 unspecified atom stereocenters. The summed E-state index contributed by atoms with van der Waals surface area (Å²) in [6.45, 7) is 7.05. The van der Waals surface area contributed by atoms with Crippen LogP contribution in [0.15, 0.2) is 70.0 Å². The molecule has 4 heterocycles. The normalized spacial score (nSPS) is 13.7. The average Bonchev–Trinajstić information content (AvgIpc) is 3.54. The number of hydrogen-bond donors (Lipinski definition) is 2. The first-order valence-corrected chi connectivity index (χ1v) is 11.2. The van der Waals surface area contributed by atoms with Crippen LogP contribution in [0.3, 0.4) is 0 Å². The summed E-state index contributed by atoms with van der Waals surface area (Å²) in [6.07, 6.45) is 0. The van der Waals surface area contributed by atoms with Gasteiger partial charge in [0, 0.05) is 22.7 Å². The predicted molar refractivity (Wildman–Crippen MR) is 132 cm³/mol. The van der Waals surface area contributed by atoms with Crippen LogP contribution in [-0.4, -0.2) is 44.0 Å². The van der Waals surface area contributed by atoms with E-state index in [2.05, 4.69) is 32.0 Å². The van der Waals surface area contributed by atoms with Crippen LogP contribution in [0.5, 0.6) is 0 Å². The molecule has 3 aromatic heterocycles. The standard InChI is InChI=1S/C24H18N6O3S/c1-12-13(2)26-24(28-22(12)32)30-19(11-17(29-30)18-9-6-10-34-18)27-23(33)21(31)20-14(3)25-16-8-5-4-7-15(16)20/h4-11,25H,1H2,2-3H3,(H,27,33). The third-order valence-corrected chi connectivity index (χ3v) is 6.30. The molecule has 9 nitrogen and oxygen atoms in total. The highest BCUT2D eigenvalue weighted by Crippen LogP contribution is 2.28. The number of Topliss-reactive ketones (excluding diaryl/α,β-unsaturated/α-hetero) is 1. The fourth-order valence-corrected chi connectivity index (χ4v) is 4.35. The number of fused-ring (bicyclic) bond motifs is 1. The number of anilines is 1. The van der Waals surface area contributed by atoms with Gasteiger partial charge in [0.15, 0.2) is 0 Å². The number of para-hydroxylation sites is 1. The van der Waals surface area contributed by atoms with E-state index >= 15 is 0 Å². The number of thiophene rings is 1. The molecule has 0 aliphatic carbocycles. The molecule has 1 aliphatic heterocycles. The van der Waals surface area contributed by atoms with Gasteiger partial charge in [-0.1, -0.05) is 30.8 Å². The number of nitrogens with zero attached hydrogens (tertiary/aromatic N) is 4. The highest BCUT2D eigenvalue weighted by atomic mass is 32.1. The third kappa shape index (κ3) is 3.59. The van der Waals surface area contributed by atoms with Gasteiger partial charge in [0.05, 0.1) is 21.7 Å². The molecule has 4 aromatic rings. The monoisotopic (exact) mass is 470 g/mol. The Labute approximate surface area is 197 Å². The zero-order chi connectivity index (χ0) is 24.0. The van der Waals surface area contributed by atoms with E-state index in [9.17, 15) is 14.4 Å². The van der Waals surface area contributed by atoms with Crippen molar-refractivity contribution in [3.05, 3.63) is 71.3 Å². The molecule has 10 heteroatoms. The van der Waals surface area contributed by atoms with Crippen LogP contribution >= 0.6 is 11.3 Å². The lowest BCUT2D eigenvalue weighted by Gasteiger charge is -2.12. The highest BCUT2D eigenvalue weighted by Gasteiger charge is 2.26. The van der Waals surface area contributed by atoms with Crippen molar-refractivity contribution in [2.75, 3.05) is 5.32 Å². The third-order valence-electron chi connectivity index (χ3n) is 5.41. The van der Waals surface area contributed by atoms with Gasteiger partial charge in [0.1, 0.15) is 11.5 Å². The Bertz CT molecular complexity index is 1570. The number of aliphatic imine (C=N–C) groups is 2. The van der Waals surface area contributed by atoms with Gasteiger partial charge in [-0.2, -0.15) is 14.8 Å². The molecule has 2 amide bonds. The quantitative estimate of drug-likeness (QED) is 0.266. The minimum Gasteiger partial charge on any atom is -0.358 e. The Morgan fingerprint density at radius 3 is 2.65 bits per heavy atom. The lowest BCUT2D eigenvalue weighted by molar-refractivity contribution is -0.114. The first-order chi connectivity index (χ1) is 16.3. The number of amides is 2. The maximum Gasteiger partial charge on any atom is 0.298 e. The van der Waals surface area contributed by atoms with Gasteiger partial charge in [0.2, 0.25) is 0 Å². The summed E-state index contributed by atoms with van der Waals surface area (Å²) in [7, 11) is 0. The summed E-state index contributed by atoms with van der Waals surface area (Å²) in [4.78, 5) is 50.6. The van der Waals surface area contributed by atoms with Crippen molar-refractivity contribution in [1.29, 1.82) is 0 Å². The Balaban J connectivity index is 1.54. The van der Waals surface area contributed by atoms with E-state index < -0.39 is 17.6 Å². The topological polar surface area (TPSA) is 122 Å². The molecule has 0 saturated carbocycles. The van der Waals surface area contributed by atoms with Crippen LogP contribution in [0.4, 0.5) is 5.82 Å². The highest BCUT2D eigenvalue weighted by molar-refractivity contribution is 7.13. The molecule has 0 saturated heterocycles. The van der Waals surface area contributed by atoms with Crippen LogP contribution in [0, 0.1) is 6.92 Å². The van der Waals surface area contributed by atoms with Crippen molar-refractivity contribution in [2.45, 2.75) is 13.8 Å². The second-order valence-electron chi connectivity index (χ2n) is 7.65. The van der Waals surface area contributed by atoms with Gasteiger partial charge in [-0.15, -0.1) is 11.3 Å². The maximum atomic E-state index is 13.1. The Kier molecular flexibility index (Phi) is 5.14. The molecule has 0 atom stereocenters. The average molecular weight is 471 g/mol. The molecule has 1 aromatic carbocycles. The number of nitrogens with one attached hydrogen (secondary N) is 2. The van der Waals surface area contributed by atoms with E-state index in [1.807, 2.05) is 29.6 Å². The van der Waals surface area contributed by atoms with E-state index in [1.165, 1.54) is 16.0 Å². The van der Waals surface area contributed by atoms with Gasteiger partial charge >= 0.3 is 0 Å². The SMILES string of the molecule is C=C1C(=O)N=C(n2nc(-c3cccs3)cc2NC(=O)C(=O)c2c(C)[nH]c3ccccc23)N=C1C. The lowest BCUT2D eigenvalue weighted by atomic mass is 10.1. The molecule has 5 rings (SSSR count). The number of rotatable bonds is 4. The largest absolute Gasteiger partial charge is 0.358 e. The number of H-pyrrole nitrogens is 1. The van der Waals surface area contributed by atoms with Crippen molar-refractivity contribution in [1.82, 2.24) is 14.8 Å². The fourth-order valence-electron chi connectivity index (χ4n) is 3.67. The summed E-state index contributed by atoms with van der Waals surface area (Å²) < 4.78 is 1.25. The van der Waals surface area contributed by atoms with Gasteiger partial charge in [-0.25, -0.2) is 4.99 Å². The van der Waals surface area contributed by atoms with E-state index in [0.29, 0.717) is 28.0 Å². The number of ketones is 1. The number of aryl methyl sites for hydroxylation is 1. The van der Waals surface area contributed by atoms with E-state index in [4.69, 9.17) is 0 Å². The summed E-state index contributed by atoms with van der Waals surface area (Å²) in [6, 6.07) is 12.6. The first kappa shape index (κ1) is 21.4. The summed E-state index contributed by atoms with van der Waals surface area (Å²) in [5.41, 5.74) is 2.77. The number of benzene rings is 1. The van der Waals surface area contributed by atoms with E-state index in [1.54, 1.807) is 32.0 Å². The molecule has 2 N–H and O–H groups in total. The number of carbonyl (C=O) groups is 3. The van der Waals surface area contributed by atoms with Crippen molar-refractivity contribution < 1.29 is 14.4 Å². The van der Waals surface area contributed by atoms with Crippen LogP contribution in [-0.2, 0) is 9.59 Å². The number of carbonyl (C=O) groups excluding carboxylic acids is 3. The van der Waals surface area contributed by atoms with Crippen LogP contribution in [0.1, 0.15) is 23.0 Å². The minimum absolute atomic E-state index is 0.0243. The van der Waals surface area contributed by atoms with Crippen LogP contribution < -0.4 is 5.32 Å². The van der Waals surface area contributed by atoms with Crippen molar-refractivity contribution in [2.24, 2.45) is 9.98 Å². The zero-order valence-electron chi connectivity index (χ0n) is 18.2. The second-order valence-corrected chi connectivity index (χ2v) is 8.60. The van der Waals surface area contributed by atoms with Gasteiger partial charge in [-0.05, 0) is 31.4 Å². The van der Waals surface area contributed by atoms with Crippen LogP contribution in [0.2, 0.25) is 0 Å². The number of aromatic amines is 1. The molecule has 0 bridgehead atoms. The molecule has 0 radical (unpaired) electrons. The zero-order valence-corrected chi connectivity index (χ0v) is 19.1. The molecule has 34 heavy (non-hydrogen) atoms. The second kappa shape index (κ2) is 8.16. The van der Waals surface area contributed by atoms with Gasteiger partial charge in [-0.3, -0.25) is 14.4 Å². The molecular formula is C24H18N6O3S. The Hall–Kier alpha value is -4.44. The Morgan fingerprint density at radius 2 is 1.91 bits per heavy atom. The smallest absolute Gasteiger partial charge is 0.298 e. The molecular weight excluding hydrogens is 452 g/mol. The van der Waals surface area contributed by atoms with E-state index in [0.717, 1.165) is 10.4 Å². The fraction of sp³-hybridized carbons (Fsp3) is 0.0833.